The van der Waals surface area contributed by atoms with Crippen molar-refractivity contribution >= 4 is 43.2 Å². The van der Waals surface area contributed by atoms with Crippen LogP contribution >= 0.6 is 22.9 Å². The van der Waals surface area contributed by atoms with Crippen LogP contribution in [0.1, 0.15) is 37.4 Å². The second kappa shape index (κ2) is 9.23. The average molecular weight is 545 g/mol. The Balaban J connectivity index is 1.48. The molecule has 0 bridgehead atoms. The Kier molecular flexibility index (Phi) is 6.36. The van der Waals surface area contributed by atoms with Crippen LogP contribution in [-0.4, -0.2) is 25.7 Å². The Bertz CT molecular complexity index is 1630. The molecule has 3 aromatic carbocycles. The van der Waals surface area contributed by atoms with E-state index in [0.717, 1.165) is 16.9 Å². The molecule has 0 radical (unpaired) electrons. The molecule has 2 heterocycles. The van der Waals surface area contributed by atoms with E-state index in [9.17, 15) is 13.2 Å². The maximum absolute atomic E-state index is 13.5. The van der Waals surface area contributed by atoms with Gasteiger partial charge in [-0.3, -0.25) is 9.36 Å². The first-order valence-corrected chi connectivity index (χ1v) is 14.0. The van der Waals surface area contributed by atoms with Crippen LogP contribution in [-0.2, 0) is 16.6 Å². The van der Waals surface area contributed by atoms with E-state index in [-0.39, 0.29) is 9.77 Å². The number of thiazole rings is 1. The summed E-state index contributed by atoms with van der Waals surface area (Å²) in [6.07, 6.45) is 0.441. The summed E-state index contributed by atoms with van der Waals surface area (Å²) in [6.45, 7) is 4.15. The van der Waals surface area contributed by atoms with Gasteiger partial charge in [0.1, 0.15) is 17.1 Å². The number of rotatable bonds is 6. The van der Waals surface area contributed by atoms with Gasteiger partial charge in [0.25, 0.3) is 0 Å². The number of hydrogen-bond donors (Lipinski definition) is 1. The molecular weight excluding hydrogens is 520 g/mol. The minimum absolute atomic E-state index is 0.0925. The Morgan fingerprint density at radius 1 is 1.17 bits per heavy atom. The lowest BCUT2D eigenvalue weighted by Gasteiger charge is -2.37. The molecule has 0 amide bonds. The van der Waals surface area contributed by atoms with Crippen LogP contribution in [0.5, 0.6) is 11.5 Å². The molecule has 1 atom stereocenters. The molecule has 1 aliphatic rings. The fraction of sp³-hybridized carbons (Fsp3) is 0.269. The van der Waals surface area contributed by atoms with Crippen molar-refractivity contribution in [1.82, 2.24) is 9.29 Å². The van der Waals surface area contributed by atoms with Crippen molar-refractivity contribution in [3.63, 3.8) is 0 Å². The number of sulfonamides is 1. The van der Waals surface area contributed by atoms with Gasteiger partial charge in [0.05, 0.1) is 34.8 Å². The third-order valence-corrected chi connectivity index (χ3v) is 8.99. The largest absolute Gasteiger partial charge is 0.497 e. The first-order chi connectivity index (χ1) is 17.1. The number of halogens is 1. The Morgan fingerprint density at radius 2 is 1.94 bits per heavy atom. The highest BCUT2D eigenvalue weighted by atomic mass is 35.5. The van der Waals surface area contributed by atoms with Crippen LogP contribution in [0.25, 0.3) is 10.2 Å². The van der Waals surface area contributed by atoms with E-state index in [4.69, 9.17) is 21.1 Å². The highest BCUT2D eigenvalue weighted by molar-refractivity contribution is 7.89. The third-order valence-electron chi connectivity index (χ3n) is 6.21. The molecule has 5 rings (SSSR count). The summed E-state index contributed by atoms with van der Waals surface area (Å²) >= 11 is 7.29. The van der Waals surface area contributed by atoms with Crippen molar-refractivity contribution in [3.8, 4) is 11.5 Å². The Hall–Kier alpha value is -2.85. The number of methoxy groups -OCH3 is 1. The fourth-order valence-corrected chi connectivity index (χ4v) is 6.92. The highest BCUT2D eigenvalue weighted by Gasteiger charge is 2.36. The monoisotopic (exact) mass is 544 g/mol. The number of ether oxygens (including phenoxy) is 2. The second-order valence-electron chi connectivity index (χ2n) is 9.32. The maximum Gasteiger partial charge on any atom is 0.308 e. The molecule has 1 aromatic heterocycles. The topological polar surface area (TPSA) is 86.6 Å². The molecular formula is C26H25ClN2O5S2. The van der Waals surface area contributed by atoms with Crippen LogP contribution in [0.15, 0.2) is 70.4 Å². The third kappa shape index (κ3) is 4.76. The lowest BCUT2D eigenvalue weighted by atomic mass is 9.90. The number of nitrogens with zero attached hydrogens (tertiary/aromatic N) is 1. The molecule has 0 saturated heterocycles. The molecule has 0 unspecified atom stereocenters. The molecule has 188 valence electrons. The SMILES string of the molecule is COc1ccc2c(c1)[C@H](NS(=O)(=O)c1ccc3c(c1)sc(=O)n3Cc1ccccc1Cl)CC(C)(C)O2. The van der Waals surface area contributed by atoms with Crippen molar-refractivity contribution in [2.45, 2.75) is 43.4 Å². The van der Waals surface area contributed by atoms with Gasteiger partial charge in [-0.25, -0.2) is 13.1 Å². The summed E-state index contributed by atoms with van der Waals surface area (Å²) in [5.41, 5.74) is 1.63. The van der Waals surface area contributed by atoms with Gasteiger partial charge in [-0.05, 0) is 61.9 Å². The fourth-order valence-electron chi connectivity index (χ4n) is 4.48. The molecule has 0 spiro atoms. The summed E-state index contributed by atoms with van der Waals surface area (Å²) in [6, 6.07) is 16.9. The van der Waals surface area contributed by atoms with Crippen LogP contribution in [0.3, 0.4) is 0 Å². The lowest BCUT2D eigenvalue weighted by molar-refractivity contribution is 0.0700. The molecule has 0 aliphatic carbocycles. The van der Waals surface area contributed by atoms with E-state index >= 15 is 0 Å². The normalized spacial score (nSPS) is 16.9. The molecule has 7 nitrogen and oxygen atoms in total. The lowest BCUT2D eigenvalue weighted by Crippen LogP contribution is -2.41. The van der Waals surface area contributed by atoms with Crippen LogP contribution < -0.4 is 19.1 Å². The van der Waals surface area contributed by atoms with E-state index in [0.29, 0.717) is 45.3 Å². The highest BCUT2D eigenvalue weighted by Crippen LogP contribution is 2.42. The van der Waals surface area contributed by atoms with Crippen LogP contribution in [0.2, 0.25) is 5.02 Å². The van der Waals surface area contributed by atoms with Crippen molar-refractivity contribution in [3.05, 3.63) is 86.5 Å². The van der Waals surface area contributed by atoms with E-state index in [1.54, 1.807) is 48.1 Å². The van der Waals surface area contributed by atoms with Gasteiger partial charge in [0, 0.05) is 17.0 Å². The summed E-state index contributed by atoms with van der Waals surface area (Å²) in [7, 11) is -2.34. The van der Waals surface area contributed by atoms with Gasteiger partial charge in [0.2, 0.25) is 10.0 Å². The van der Waals surface area contributed by atoms with Gasteiger partial charge in [-0.1, -0.05) is 41.1 Å². The summed E-state index contributed by atoms with van der Waals surface area (Å²) in [4.78, 5) is 12.7. The van der Waals surface area contributed by atoms with E-state index in [1.165, 1.54) is 6.07 Å². The quantitative estimate of drug-likeness (QED) is 0.353. The van der Waals surface area contributed by atoms with Gasteiger partial charge in [-0.2, -0.15) is 0 Å². The zero-order valence-corrected chi connectivity index (χ0v) is 22.3. The predicted octanol–water partition coefficient (Wildman–Crippen LogP) is 5.35. The zero-order chi connectivity index (χ0) is 25.7. The standard InChI is InChI=1S/C26H25ClN2O5S2/c1-26(2)14-21(19-12-17(33-3)8-11-23(19)34-26)28-36(31,32)18-9-10-22-24(13-18)35-25(30)29(22)15-16-6-4-5-7-20(16)27/h4-13,21,28H,14-15H2,1-3H3/t21-/m1/s1. The van der Waals surface area contributed by atoms with E-state index in [2.05, 4.69) is 4.72 Å². The van der Waals surface area contributed by atoms with Gasteiger partial charge in [0.15, 0.2) is 0 Å². The number of aromatic nitrogens is 1. The van der Waals surface area contributed by atoms with Crippen molar-refractivity contribution in [2.24, 2.45) is 0 Å². The number of benzene rings is 3. The van der Waals surface area contributed by atoms with Crippen molar-refractivity contribution < 1.29 is 17.9 Å². The molecule has 1 aliphatic heterocycles. The molecule has 0 fully saturated rings. The summed E-state index contributed by atoms with van der Waals surface area (Å²) < 4.78 is 43.4. The predicted molar refractivity (Wildman–Crippen MR) is 142 cm³/mol. The molecule has 10 heteroatoms. The first kappa shape index (κ1) is 24.8. The molecule has 4 aromatic rings. The molecule has 1 N–H and O–H groups in total. The Morgan fingerprint density at radius 3 is 2.69 bits per heavy atom. The van der Waals surface area contributed by atoms with Crippen molar-refractivity contribution in [1.29, 1.82) is 0 Å². The van der Waals surface area contributed by atoms with Crippen molar-refractivity contribution in [2.75, 3.05) is 7.11 Å². The molecule has 0 saturated carbocycles. The summed E-state index contributed by atoms with van der Waals surface area (Å²) in [5.74, 6) is 1.23. The Labute approximate surface area is 218 Å². The smallest absolute Gasteiger partial charge is 0.308 e. The minimum atomic E-state index is -3.91. The summed E-state index contributed by atoms with van der Waals surface area (Å²) in [5, 5.41) is 0.573. The van der Waals surface area contributed by atoms with E-state index in [1.807, 2.05) is 32.0 Å². The van der Waals surface area contributed by atoms with E-state index < -0.39 is 21.7 Å². The maximum atomic E-state index is 13.5. The second-order valence-corrected chi connectivity index (χ2v) is 12.4. The number of hydrogen-bond acceptors (Lipinski definition) is 6. The van der Waals surface area contributed by atoms with Gasteiger partial charge < -0.3 is 9.47 Å². The van der Waals surface area contributed by atoms with Gasteiger partial charge in [-0.15, -0.1) is 0 Å². The number of fused-ring (bicyclic) bond motifs is 2. The van der Waals surface area contributed by atoms with Crippen LogP contribution in [0, 0.1) is 0 Å². The average Bonchev–Trinajstić information content (AvgIpc) is 3.13. The van der Waals surface area contributed by atoms with Gasteiger partial charge >= 0.3 is 4.87 Å². The first-order valence-electron chi connectivity index (χ1n) is 11.3. The zero-order valence-electron chi connectivity index (χ0n) is 19.9. The minimum Gasteiger partial charge on any atom is -0.497 e. The molecule has 36 heavy (non-hydrogen) atoms. The van der Waals surface area contributed by atoms with Crippen LogP contribution in [0.4, 0.5) is 0 Å². The number of nitrogens with one attached hydrogen (secondary N) is 1.